The summed E-state index contributed by atoms with van der Waals surface area (Å²) in [5.41, 5.74) is 9.78. The molecule has 0 atom stereocenters. The zero-order chi connectivity index (χ0) is 17.6. The first-order valence-electron chi connectivity index (χ1n) is 8.05. The summed E-state index contributed by atoms with van der Waals surface area (Å²) in [6, 6.07) is 16.0. The average molecular weight is 354 g/mol. The van der Waals surface area contributed by atoms with E-state index in [-0.39, 0.29) is 0 Å². The van der Waals surface area contributed by atoms with Crippen molar-refractivity contribution in [3.8, 4) is 0 Å². The smallest absolute Gasteiger partial charge is 0.159 e. The molecule has 3 rings (SSSR count). The Bertz CT molecular complexity index is 852. The fourth-order valence-corrected chi connectivity index (χ4v) is 2.59. The van der Waals surface area contributed by atoms with Crippen molar-refractivity contribution in [3.63, 3.8) is 0 Å². The minimum Gasteiger partial charge on any atom is -0.393 e. The van der Waals surface area contributed by atoms with E-state index in [2.05, 4.69) is 32.7 Å². The zero-order valence-corrected chi connectivity index (χ0v) is 14.7. The lowest BCUT2D eigenvalue weighted by molar-refractivity contribution is 1.00. The van der Waals surface area contributed by atoms with Gasteiger partial charge in [0.2, 0.25) is 0 Å². The van der Waals surface area contributed by atoms with Crippen molar-refractivity contribution in [3.05, 3.63) is 71.0 Å². The molecule has 4 N–H and O–H groups in total. The molecule has 0 aliphatic heterocycles. The standard InChI is InChI=1S/C19H20ClN5/c1-13-7-8-15(11-16(13)20)25-19-17(21)18(23-12-24-19)22-10-9-14-5-3-2-4-6-14/h2-8,11-12H,9-10,21H2,1H3,(H2,22,23,24,25). The molecule has 0 saturated carbocycles. The van der Waals surface area contributed by atoms with Gasteiger partial charge in [0, 0.05) is 17.3 Å². The fourth-order valence-electron chi connectivity index (χ4n) is 2.41. The Morgan fingerprint density at radius 1 is 1.04 bits per heavy atom. The number of anilines is 4. The van der Waals surface area contributed by atoms with E-state index in [1.54, 1.807) is 0 Å². The van der Waals surface area contributed by atoms with E-state index in [4.69, 9.17) is 17.3 Å². The number of rotatable bonds is 6. The molecule has 0 amide bonds. The molecule has 0 radical (unpaired) electrons. The molecule has 0 fully saturated rings. The summed E-state index contributed by atoms with van der Waals surface area (Å²) in [7, 11) is 0. The van der Waals surface area contributed by atoms with Crippen LogP contribution in [0.1, 0.15) is 11.1 Å². The number of benzene rings is 2. The summed E-state index contributed by atoms with van der Waals surface area (Å²) in [4.78, 5) is 8.45. The van der Waals surface area contributed by atoms with Crippen LogP contribution < -0.4 is 16.4 Å². The average Bonchev–Trinajstić information content (AvgIpc) is 2.62. The maximum absolute atomic E-state index is 6.20. The van der Waals surface area contributed by atoms with Gasteiger partial charge in [0.15, 0.2) is 11.6 Å². The predicted octanol–water partition coefficient (Wildman–Crippen LogP) is 4.42. The van der Waals surface area contributed by atoms with Crippen molar-refractivity contribution in [2.45, 2.75) is 13.3 Å². The van der Waals surface area contributed by atoms with Crippen LogP contribution in [-0.2, 0) is 6.42 Å². The van der Waals surface area contributed by atoms with Gasteiger partial charge in [-0.15, -0.1) is 0 Å². The summed E-state index contributed by atoms with van der Waals surface area (Å²) >= 11 is 6.16. The molecule has 25 heavy (non-hydrogen) atoms. The molecule has 128 valence electrons. The fraction of sp³-hybridized carbons (Fsp3) is 0.158. The van der Waals surface area contributed by atoms with Crippen molar-refractivity contribution in [2.24, 2.45) is 0 Å². The SMILES string of the molecule is Cc1ccc(Nc2ncnc(NCCc3ccccc3)c2N)cc1Cl. The van der Waals surface area contributed by atoms with Crippen LogP contribution in [-0.4, -0.2) is 16.5 Å². The number of hydrogen-bond donors (Lipinski definition) is 3. The molecular formula is C19H20ClN5. The Balaban J connectivity index is 1.68. The Labute approximate surface area is 152 Å². The van der Waals surface area contributed by atoms with Gasteiger partial charge in [0.05, 0.1) is 0 Å². The van der Waals surface area contributed by atoms with Gasteiger partial charge in [0.25, 0.3) is 0 Å². The lowest BCUT2D eigenvalue weighted by atomic mass is 10.1. The highest BCUT2D eigenvalue weighted by Gasteiger charge is 2.08. The largest absolute Gasteiger partial charge is 0.393 e. The van der Waals surface area contributed by atoms with Crippen molar-refractivity contribution in [1.29, 1.82) is 0 Å². The Morgan fingerprint density at radius 3 is 2.56 bits per heavy atom. The second-order valence-corrected chi connectivity index (χ2v) is 6.14. The van der Waals surface area contributed by atoms with Crippen LogP contribution in [0.2, 0.25) is 5.02 Å². The maximum Gasteiger partial charge on any atom is 0.159 e. The third-order valence-corrected chi connectivity index (χ3v) is 4.27. The first-order chi connectivity index (χ1) is 12.1. The Hall–Kier alpha value is -2.79. The normalized spacial score (nSPS) is 10.5. The summed E-state index contributed by atoms with van der Waals surface area (Å²) < 4.78 is 0. The van der Waals surface area contributed by atoms with E-state index in [9.17, 15) is 0 Å². The van der Waals surface area contributed by atoms with E-state index >= 15 is 0 Å². The lowest BCUT2D eigenvalue weighted by Gasteiger charge is -2.13. The van der Waals surface area contributed by atoms with Gasteiger partial charge in [-0.25, -0.2) is 9.97 Å². The molecule has 2 aromatic carbocycles. The molecule has 6 heteroatoms. The molecule has 5 nitrogen and oxygen atoms in total. The highest BCUT2D eigenvalue weighted by Crippen LogP contribution is 2.27. The molecule has 1 aromatic heterocycles. The van der Waals surface area contributed by atoms with Gasteiger partial charge in [-0.3, -0.25) is 0 Å². The van der Waals surface area contributed by atoms with Crippen LogP contribution in [0, 0.1) is 6.92 Å². The van der Waals surface area contributed by atoms with Crippen LogP contribution in [0.25, 0.3) is 0 Å². The number of halogens is 1. The van der Waals surface area contributed by atoms with Crippen LogP contribution >= 0.6 is 11.6 Å². The Morgan fingerprint density at radius 2 is 1.80 bits per heavy atom. The summed E-state index contributed by atoms with van der Waals surface area (Å²) in [6.45, 7) is 2.70. The van der Waals surface area contributed by atoms with Crippen molar-refractivity contribution in [1.82, 2.24) is 9.97 Å². The number of hydrogen-bond acceptors (Lipinski definition) is 5. The molecular weight excluding hydrogens is 334 g/mol. The topological polar surface area (TPSA) is 75.9 Å². The van der Waals surface area contributed by atoms with Crippen LogP contribution in [0.3, 0.4) is 0 Å². The van der Waals surface area contributed by atoms with E-state index < -0.39 is 0 Å². The highest BCUT2D eigenvalue weighted by molar-refractivity contribution is 6.31. The molecule has 0 bridgehead atoms. The predicted molar refractivity (Wildman–Crippen MR) is 105 cm³/mol. The maximum atomic E-state index is 6.20. The molecule has 0 aliphatic rings. The molecule has 0 aliphatic carbocycles. The lowest BCUT2D eigenvalue weighted by Crippen LogP contribution is -2.10. The minimum atomic E-state index is 0.479. The van der Waals surface area contributed by atoms with Crippen molar-refractivity contribution < 1.29 is 0 Å². The second-order valence-electron chi connectivity index (χ2n) is 5.74. The van der Waals surface area contributed by atoms with Gasteiger partial charge >= 0.3 is 0 Å². The third-order valence-electron chi connectivity index (χ3n) is 3.87. The summed E-state index contributed by atoms with van der Waals surface area (Å²) in [6.07, 6.45) is 2.37. The number of nitrogens with one attached hydrogen (secondary N) is 2. The van der Waals surface area contributed by atoms with Crippen molar-refractivity contribution >= 4 is 34.6 Å². The Kier molecular flexibility index (Phi) is 5.36. The van der Waals surface area contributed by atoms with Crippen LogP contribution in [0.4, 0.5) is 23.0 Å². The molecule has 0 unspecified atom stereocenters. The van der Waals surface area contributed by atoms with Gasteiger partial charge in [0.1, 0.15) is 12.0 Å². The van der Waals surface area contributed by atoms with Gasteiger partial charge < -0.3 is 16.4 Å². The molecule has 1 heterocycles. The van der Waals surface area contributed by atoms with Gasteiger partial charge in [-0.05, 0) is 36.6 Å². The number of aromatic nitrogens is 2. The second kappa shape index (κ2) is 7.85. The van der Waals surface area contributed by atoms with E-state index in [1.165, 1.54) is 11.9 Å². The van der Waals surface area contributed by atoms with E-state index in [0.29, 0.717) is 22.3 Å². The summed E-state index contributed by atoms with van der Waals surface area (Å²) in [5, 5.41) is 7.15. The highest BCUT2D eigenvalue weighted by atomic mass is 35.5. The van der Waals surface area contributed by atoms with Gasteiger partial charge in [-0.1, -0.05) is 48.0 Å². The quantitative estimate of drug-likeness (QED) is 0.611. The summed E-state index contributed by atoms with van der Waals surface area (Å²) in [5.74, 6) is 1.17. The number of nitrogen functional groups attached to an aromatic ring is 1. The minimum absolute atomic E-state index is 0.479. The van der Waals surface area contributed by atoms with E-state index in [1.807, 2.05) is 43.3 Å². The third kappa shape index (κ3) is 4.39. The van der Waals surface area contributed by atoms with Gasteiger partial charge in [-0.2, -0.15) is 0 Å². The zero-order valence-electron chi connectivity index (χ0n) is 14.0. The monoisotopic (exact) mass is 353 g/mol. The first-order valence-corrected chi connectivity index (χ1v) is 8.43. The number of aryl methyl sites for hydroxylation is 1. The van der Waals surface area contributed by atoms with Crippen LogP contribution in [0.5, 0.6) is 0 Å². The van der Waals surface area contributed by atoms with E-state index in [0.717, 1.165) is 24.2 Å². The van der Waals surface area contributed by atoms with Crippen molar-refractivity contribution in [2.75, 3.05) is 22.9 Å². The molecule has 3 aromatic rings. The number of nitrogens with two attached hydrogens (primary N) is 1. The molecule has 0 saturated heterocycles. The molecule has 0 spiro atoms. The van der Waals surface area contributed by atoms with Crippen LogP contribution in [0.15, 0.2) is 54.9 Å². The first kappa shape index (κ1) is 17.0. The number of nitrogens with zero attached hydrogens (tertiary/aromatic N) is 2.